The topological polar surface area (TPSA) is 88.9 Å². The van der Waals surface area contributed by atoms with E-state index in [4.69, 9.17) is 9.15 Å². The number of benzene rings is 2. The Kier molecular flexibility index (Phi) is 6.64. The molecular weight excluding hydrogens is 384 g/mol. The summed E-state index contributed by atoms with van der Waals surface area (Å²) < 4.78 is 10.3. The van der Waals surface area contributed by atoms with Gasteiger partial charge < -0.3 is 19.4 Å². The molecule has 0 saturated heterocycles. The van der Waals surface area contributed by atoms with Crippen molar-refractivity contribution in [1.82, 2.24) is 0 Å². The molecule has 3 rings (SSSR count). The number of carbonyl (C=O) groups is 3. The highest BCUT2D eigenvalue weighted by atomic mass is 16.5. The smallest absolute Gasteiger partial charge is 0.340 e. The van der Waals surface area contributed by atoms with E-state index in [0.29, 0.717) is 0 Å². The lowest BCUT2D eigenvalue weighted by atomic mass is 10.1. The minimum absolute atomic E-state index is 0.113. The van der Waals surface area contributed by atoms with Crippen LogP contribution in [0.25, 0.3) is 0 Å². The summed E-state index contributed by atoms with van der Waals surface area (Å²) in [5, 5.41) is 2.62. The van der Waals surface area contributed by atoms with Crippen LogP contribution in [-0.4, -0.2) is 30.4 Å². The third kappa shape index (κ3) is 4.94. The molecule has 1 heterocycles. The Bertz CT molecular complexity index is 1010. The SMILES string of the molecule is CC(C)N(C(=O)COC(=O)c1ccccc1NC(=O)c1ccco1)c1ccccc1. The molecule has 0 saturated carbocycles. The van der Waals surface area contributed by atoms with Crippen molar-refractivity contribution in [3.05, 3.63) is 84.3 Å². The molecule has 7 heteroatoms. The predicted octanol–water partition coefficient (Wildman–Crippen LogP) is 4.13. The molecule has 2 amide bonds. The highest BCUT2D eigenvalue weighted by Gasteiger charge is 2.22. The first-order chi connectivity index (χ1) is 14.5. The van der Waals surface area contributed by atoms with Crippen LogP contribution < -0.4 is 10.2 Å². The number of para-hydroxylation sites is 2. The second-order valence-corrected chi connectivity index (χ2v) is 6.75. The van der Waals surface area contributed by atoms with Crippen LogP contribution in [0.1, 0.15) is 34.8 Å². The fraction of sp³-hybridized carbons (Fsp3) is 0.174. The molecule has 0 aliphatic heterocycles. The lowest BCUT2D eigenvalue weighted by Gasteiger charge is -2.26. The number of nitrogens with one attached hydrogen (secondary N) is 1. The minimum atomic E-state index is -0.713. The molecular formula is C23H22N2O5. The van der Waals surface area contributed by atoms with Crippen LogP contribution in [-0.2, 0) is 9.53 Å². The van der Waals surface area contributed by atoms with Gasteiger partial charge in [0.05, 0.1) is 17.5 Å². The molecule has 0 unspecified atom stereocenters. The van der Waals surface area contributed by atoms with E-state index in [9.17, 15) is 14.4 Å². The molecule has 0 aliphatic carbocycles. The first kappa shape index (κ1) is 20.9. The zero-order valence-corrected chi connectivity index (χ0v) is 16.7. The third-order valence-electron chi connectivity index (χ3n) is 4.29. The van der Waals surface area contributed by atoms with Crippen LogP contribution in [0.2, 0.25) is 0 Å². The van der Waals surface area contributed by atoms with E-state index in [1.807, 2.05) is 44.2 Å². The number of esters is 1. The molecule has 154 valence electrons. The van der Waals surface area contributed by atoms with Gasteiger partial charge in [0, 0.05) is 11.7 Å². The summed E-state index contributed by atoms with van der Waals surface area (Å²) in [7, 11) is 0. The first-order valence-electron chi connectivity index (χ1n) is 9.45. The fourth-order valence-electron chi connectivity index (χ4n) is 2.96. The zero-order chi connectivity index (χ0) is 21.5. The molecule has 0 aliphatic rings. The molecule has 0 bridgehead atoms. The number of furan rings is 1. The quantitative estimate of drug-likeness (QED) is 0.596. The number of anilines is 2. The summed E-state index contributed by atoms with van der Waals surface area (Å²) in [6, 6.07) is 18.6. The van der Waals surface area contributed by atoms with Crippen molar-refractivity contribution in [2.75, 3.05) is 16.8 Å². The highest BCUT2D eigenvalue weighted by Crippen LogP contribution is 2.19. The van der Waals surface area contributed by atoms with E-state index in [2.05, 4.69) is 5.32 Å². The van der Waals surface area contributed by atoms with E-state index < -0.39 is 18.5 Å². The number of nitrogens with zero attached hydrogens (tertiary/aromatic N) is 1. The minimum Gasteiger partial charge on any atom is -0.459 e. The first-order valence-corrected chi connectivity index (χ1v) is 9.45. The number of hydrogen-bond acceptors (Lipinski definition) is 5. The Labute approximate surface area is 174 Å². The molecule has 2 aromatic carbocycles. The lowest BCUT2D eigenvalue weighted by molar-refractivity contribution is -0.122. The molecule has 0 spiro atoms. The van der Waals surface area contributed by atoms with E-state index in [1.54, 1.807) is 29.2 Å². The molecule has 3 aromatic rings. The Morgan fingerprint density at radius 2 is 1.67 bits per heavy atom. The number of carbonyl (C=O) groups excluding carboxylic acids is 3. The molecule has 1 N–H and O–H groups in total. The van der Waals surface area contributed by atoms with Crippen molar-refractivity contribution in [2.45, 2.75) is 19.9 Å². The van der Waals surface area contributed by atoms with Gasteiger partial charge in [-0.3, -0.25) is 9.59 Å². The summed E-state index contributed by atoms with van der Waals surface area (Å²) in [5.41, 5.74) is 1.13. The van der Waals surface area contributed by atoms with Crippen molar-refractivity contribution in [3.63, 3.8) is 0 Å². The molecule has 0 radical (unpaired) electrons. The van der Waals surface area contributed by atoms with Crippen molar-refractivity contribution in [3.8, 4) is 0 Å². The lowest BCUT2D eigenvalue weighted by Crippen LogP contribution is -2.39. The van der Waals surface area contributed by atoms with E-state index in [-0.39, 0.29) is 29.0 Å². The van der Waals surface area contributed by atoms with Gasteiger partial charge in [-0.15, -0.1) is 0 Å². The number of hydrogen-bond donors (Lipinski definition) is 1. The van der Waals surface area contributed by atoms with Gasteiger partial charge in [-0.25, -0.2) is 4.79 Å². The van der Waals surface area contributed by atoms with Gasteiger partial charge in [0.2, 0.25) is 0 Å². The van der Waals surface area contributed by atoms with E-state index >= 15 is 0 Å². The maximum Gasteiger partial charge on any atom is 0.340 e. The largest absolute Gasteiger partial charge is 0.459 e. The van der Waals surface area contributed by atoms with Crippen molar-refractivity contribution >= 4 is 29.2 Å². The molecule has 7 nitrogen and oxygen atoms in total. The Hall–Kier alpha value is -3.87. The highest BCUT2D eigenvalue weighted by molar-refractivity contribution is 6.07. The zero-order valence-electron chi connectivity index (χ0n) is 16.7. The Balaban J connectivity index is 1.69. The maximum absolute atomic E-state index is 12.7. The monoisotopic (exact) mass is 406 g/mol. The van der Waals surface area contributed by atoms with Crippen molar-refractivity contribution in [1.29, 1.82) is 0 Å². The fourth-order valence-corrected chi connectivity index (χ4v) is 2.96. The van der Waals surface area contributed by atoms with E-state index in [0.717, 1.165) is 5.69 Å². The average Bonchev–Trinajstić information content (AvgIpc) is 3.28. The Morgan fingerprint density at radius 3 is 2.33 bits per heavy atom. The average molecular weight is 406 g/mol. The van der Waals surface area contributed by atoms with Crippen molar-refractivity contribution < 1.29 is 23.5 Å². The standard InChI is InChI=1S/C23H22N2O5/c1-16(2)25(17-9-4-3-5-10-17)21(26)15-30-23(28)18-11-6-7-12-19(18)24-22(27)20-13-8-14-29-20/h3-14,16H,15H2,1-2H3,(H,24,27). The van der Waals surface area contributed by atoms with Gasteiger partial charge in [0.15, 0.2) is 12.4 Å². The molecule has 1 aromatic heterocycles. The number of rotatable bonds is 7. The maximum atomic E-state index is 12.7. The summed E-state index contributed by atoms with van der Waals surface area (Å²) in [6.07, 6.45) is 1.38. The number of ether oxygens (including phenoxy) is 1. The second-order valence-electron chi connectivity index (χ2n) is 6.75. The summed E-state index contributed by atoms with van der Waals surface area (Å²) >= 11 is 0. The summed E-state index contributed by atoms with van der Waals surface area (Å²) in [5.74, 6) is -1.44. The van der Waals surface area contributed by atoms with Gasteiger partial charge in [0.25, 0.3) is 11.8 Å². The third-order valence-corrected chi connectivity index (χ3v) is 4.29. The normalized spacial score (nSPS) is 10.5. The van der Waals surface area contributed by atoms with Crippen LogP contribution in [0.4, 0.5) is 11.4 Å². The van der Waals surface area contributed by atoms with Gasteiger partial charge in [-0.2, -0.15) is 0 Å². The summed E-state index contributed by atoms with van der Waals surface area (Å²) in [4.78, 5) is 39.1. The molecule has 0 atom stereocenters. The van der Waals surface area contributed by atoms with Crippen LogP contribution >= 0.6 is 0 Å². The Morgan fingerprint density at radius 1 is 0.967 bits per heavy atom. The van der Waals surface area contributed by atoms with Gasteiger partial charge >= 0.3 is 5.97 Å². The van der Waals surface area contributed by atoms with Crippen LogP contribution in [0.15, 0.2) is 77.4 Å². The van der Waals surface area contributed by atoms with Crippen LogP contribution in [0.3, 0.4) is 0 Å². The van der Waals surface area contributed by atoms with Gasteiger partial charge in [-0.1, -0.05) is 30.3 Å². The van der Waals surface area contributed by atoms with Gasteiger partial charge in [0.1, 0.15) is 0 Å². The molecule has 30 heavy (non-hydrogen) atoms. The second kappa shape index (κ2) is 9.56. The summed E-state index contributed by atoms with van der Waals surface area (Å²) in [6.45, 7) is 3.34. The molecule has 0 fully saturated rings. The van der Waals surface area contributed by atoms with E-state index in [1.165, 1.54) is 18.4 Å². The predicted molar refractivity (Wildman–Crippen MR) is 112 cm³/mol. The van der Waals surface area contributed by atoms with Crippen LogP contribution in [0, 0.1) is 0 Å². The number of amides is 2. The van der Waals surface area contributed by atoms with Crippen LogP contribution in [0.5, 0.6) is 0 Å². The van der Waals surface area contributed by atoms with Crippen molar-refractivity contribution in [2.24, 2.45) is 0 Å². The van der Waals surface area contributed by atoms with Gasteiger partial charge in [-0.05, 0) is 50.2 Å².